The van der Waals surface area contributed by atoms with Gasteiger partial charge in [0.2, 0.25) is 11.6 Å². The van der Waals surface area contributed by atoms with Crippen molar-refractivity contribution in [2.45, 2.75) is 24.7 Å². The predicted octanol–water partition coefficient (Wildman–Crippen LogP) is -0.710. The van der Waals surface area contributed by atoms with Crippen molar-refractivity contribution in [1.82, 2.24) is 10.2 Å². The van der Waals surface area contributed by atoms with Gasteiger partial charge in [-0.05, 0) is 13.2 Å². The van der Waals surface area contributed by atoms with E-state index in [0.717, 1.165) is 5.75 Å². The Bertz CT molecular complexity index is 807. The Labute approximate surface area is 172 Å². The van der Waals surface area contributed by atoms with E-state index < -0.39 is 17.7 Å². The van der Waals surface area contributed by atoms with Crippen LogP contribution in [0, 0.1) is 5.92 Å². The van der Waals surface area contributed by atoms with Gasteiger partial charge in [-0.3, -0.25) is 9.59 Å². The maximum atomic E-state index is 13.1. The summed E-state index contributed by atoms with van der Waals surface area (Å²) in [5.41, 5.74) is 4.22. The highest BCUT2D eigenvalue weighted by molar-refractivity contribution is 7.98. The highest BCUT2D eigenvalue weighted by atomic mass is 32.2. The van der Waals surface area contributed by atoms with E-state index in [1.165, 1.54) is 0 Å². The number of hydrogen-bond acceptors (Lipinski definition) is 9. The molecule has 2 fully saturated rings. The van der Waals surface area contributed by atoms with E-state index in [-0.39, 0.29) is 36.0 Å². The number of carbonyl (C=O) groups is 3. The Balaban J connectivity index is 0.000000552. The number of primary amides is 1. The number of amides is 1. The number of nitrogens with one attached hydrogen (secondary N) is 1. The van der Waals surface area contributed by atoms with Crippen molar-refractivity contribution < 1.29 is 34.1 Å². The van der Waals surface area contributed by atoms with E-state index in [1.54, 1.807) is 25.8 Å². The first-order valence-electron chi connectivity index (χ1n) is 9.10. The average molecular weight is 427 g/mol. The zero-order chi connectivity index (χ0) is 21.5. The quantitative estimate of drug-likeness (QED) is 0.242. The number of methoxy groups -OCH3 is 1. The van der Waals surface area contributed by atoms with Crippen LogP contribution in [0.2, 0.25) is 0 Å². The number of carboxylic acid groups (broad SMARTS) is 1. The van der Waals surface area contributed by atoms with Gasteiger partial charge < -0.3 is 35.6 Å². The topological polar surface area (TPSA) is 161 Å². The minimum atomic E-state index is -1.33. The first-order chi connectivity index (χ1) is 13.8. The molecule has 11 heteroatoms. The number of nitrogens with zero attached hydrogens (tertiary/aromatic N) is 1. The molecule has 2 saturated heterocycles. The first kappa shape index (κ1) is 21.6. The van der Waals surface area contributed by atoms with Crippen LogP contribution >= 0.6 is 11.8 Å². The van der Waals surface area contributed by atoms with Gasteiger partial charge in [-0.1, -0.05) is 0 Å². The van der Waals surface area contributed by atoms with Crippen molar-refractivity contribution in [3.63, 3.8) is 0 Å². The molecule has 5 N–H and O–H groups in total. The summed E-state index contributed by atoms with van der Waals surface area (Å²) in [6.07, 6.45) is 0.619. The number of Topliss-reactive ketones (excluding diaryl/α,β-unsaturated/α-hetero) is 2. The minimum absolute atomic E-state index is 0.0158. The lowest BCUT2D eigenvalue weighted by atomic mass is 9.83. The molecule has 0 aromatic heterocycles. The fraction of sp³-hybridized carbons (Fsp3) is 0.611. The number of fused-ring (bicyclic) bond motifs is 4. The number of ketones is 2. The van der Waals surface area contributed by atoms with Gasteiger partial charge >= 0.3 is 6.09 Å². The SMILES string of the molecule is COC12C(CO)C3=C(C(=O)C(C)=C(OCCSC)C3=O)N1CC1NC12.NC(=O)O. The third-order valence-electron chi connectivity index (χ3n) is 5.70. The van der Waals surface area contributed by atoms with Crippen LogP contribution in [-0.4, -0.2) is 89.5 Å². The molecule has 0 aromatic rings. The second-order valence-electron chi connectivity index (χ2n) is 7.11. The molecule has 29 heavy (non-hydrogen) atoms. The number of hydrogen-bond donors (Lipinski definition) is 4. The number of carbonyl (C=O) groups excluding carboxylic acids is 2. The summed E-state index contributed by atoms with van der Waals surface area (Å²) in [6, 6.07) is 0.247. The van der Waals surface area contributed by atoms with Crippen LogP contribution in [-0.2, 0) is 19.1 Å². The number of thioether (sulfide) groups is 1. The van der Waals surface area contributed by atoms with Crippen LogP contribution < -0.4 is 11.1 Å². The van der Waals surface area contributed by atoms with Crippen molar-refractivity contribution >= 4 is 29.4 Å². The first-order valence-corrected chi connectivity index (χ1v) is 10.5. The maximum absolute atomic E-state index is 13.1. The van der Waals surface area contributed by atoms with Crippen LogP contribution in [0.15, 0.2) is 22.6 Å². The number of piperazine rings is 1. The van der Waals surface area contributed by atoms with E-state index in [9.17, 15) is 14.7 Å². The molecule has 0 spiro atoms. The maximum Gasteiger partial charge on any atom is 0.402 e. The standard InChI is InChI=1S/C17H22N2O5S.CH3NO2/c1-8-13(21)12-11(14(22)15(8)24-4-5-25-3)9(7-20)17(23-2)16-10(18-16)6-19(12)17;2-1(3)4/h9-10,16,18,20H,4-7H2,1-3H3;2H2,(H,3,4). The lowest BCUT2D eigenvalue weighted by Crippen LogP contribution is -2.54. The number of aliphatic hydroxyl groups excluding tert-OH is 1. The van der Waals surface area contributed by atoms with Gasteiger partial charge in [0.1, 0.15) is 0 Å². The predicted molar refractivity (Wildman–Crippen MR) is 104 cm³/mol. The lowest BCUT2D eigenvalue weighted by Gasteiger charge is -2.39. The van der Waals surface area contributed by atoms with Gasteiger partial charge in [-0.25, -0.2) is 4.79 Å². The summed E-state index contributed by atoms with van der Waals surface area (Å²) in [5.74, 6) is -0.219. The Morgan fingerprint density at radius 1 is 1.41 bits per heavy atom. The van der Waals surface area contributed by atoms with Crippen molar-refractivity contribution in [2.75, 3.05) is 38.9 Å². The molecule has 0 saturated carbocycles. The second kappa shape index (κ2) is 7.98. The van der Waals surface area contributed by atoms with Gasteiger partial charge in [0, 0.05) is 36.6 Å². The van der Waals surface area contributed by atoms with Gasteiger partial charge in [0.05, 0.1) is 30.9 Å². The fourth-order valence-corrected chi connectivity index (χ4v) is 4.77. The Kier molecular flexibility index (Phi) is 5.95. The smallest absolute Gasteiger partial charge is 0.402 e. The van der Waals surface area contributed by atoms with Crippen LogP contribution in [0.4, 0.5) is 4.79 Å². The molecule has 3 aliphatic heterocycles. The van der Waals surface area contributed by atoms with E-state index in [1.807, 2.05) is 11.2 Å². The van der Waals surface area contributed by atoms with Crippen molar-refractivity contribution in [3.8, 4) is 0 Å². The highest BCUT2D eigenvalue weighted by Gasteiger charge is 2.72. The van der Waals surface area contributed by atoms with E-state index >= 15 is 0 Å². The molecular formula is C18H25N3O7S. The summed E-state index contributed by atoms with van der Waals surface area (Å²) in [4.78, 5) is 36.8. The summed E-state index contributed by atoms with van der Waals surface area (Å²) >= 11 is 1.61. The molecule has 4 rings (SSSR count). The van der Waals surface area contributed by atoms with Crippen LogP contribution in [0.5, 0.6) is 0 Å². The molecule has 4 atom stereocenters. The van der Waals surface area contributed by atoms with Crippen molar-refractivity contribution in [2.24, 2.45) is 11.7 Å². The largest absolute Gasteiger partial charge is 0.488 e. The molecule has 1 amide bonds. The number of rotatable bonds is 6. The summed E-state index contributed by atoms with van der Waals surface area (Å²) in [5, 5.41) is 20.6. The molecular weight excluding hydrogens is 402 g/mol. The van der Waals surface area contributed by atoms with Crippen molar-refractivity contribution in [3.05, 3.63) is 22.6 Å². The highest BCUT2D eigenvalue weighted by Crippen LogP contribution is 2.55. The Morgan fingerprint density at radius 3 is 2.62 bits per heavy atom. The Morgan fingerprint density at radius 2 is 2.07 bits per heavy atom. The third-order valence-corrected chi connectivity index (χ3v) is 6.27. The number of allylic oxidation sites excluding steroid dienone is 2. The molecule has 4 unspecified atom stereocenters. The molecule has 1 aliphatic carbocycles. The van der Waals surface area contributed by atoms with Gasteiger partial charge in [-0.15, -0.1) is 0 Å². The fourth-order valence-electron chi connectivity index (χ4n) is 4.52. The molecule has 0 radical (unpaired) electrons. The number of aliphatic hydroxyl groups is 1. The molecule has 10 nitrogen and oxygen atoms in total. The lowest BCUT2D eigenvalue weighted by molar-refractivity contribution is -0.137. The van der Waals surface area contributed by atoms with Crippen LogP contribution in [0.25, 0.3) is 0 Å². The average Bonchev–Trinajstić information content (AvgIpc) is 3.28. The molecule has 0 bridgehead atoms. The zero-order valence-corrected chi connectivity index (χ0v) is 17.2. The van der Waals surface area contributed by atoms with E-state index in [2.05, 4.69) is 11.1 Å². The normalized spacial score (nSPS) is 31.9. The molecule has 3 heterocycles. The van der Waals surface area contributed by atoms with Gasteiger partial charge in [-0.2, -0.15) is 11.8 Å². The Hall–Kier alpha value is -2.08. The third kappa shape index (κ3) is 3.21. The van der Waals surface area contributed by atoms with Crippen molar-refractivity contribution in [1.29, 1.82) is 0 Å². The molecule has 0 aromatic carbocycles. The molecule has 160 valence electrons. The van der Waals surface area contributed by atoms with E-state index in [0.29, 0.717) is 30.0 Å². The minimum Gasteiger partial charge on any atom is -0.488 e. The summed E-state index contributed by atoms with van der Waals surface area (Å²) in [7, 11) is 1.57. The van der Waals surface area contributed by atoms with Crippen LogP contribution in [0.1, 0.15) is 6.92 Å². The van der Waals surface area contributed by atoms with E-state index in [4.69, 9.17) is 19.4 Å². The van der Waals surface area contributed by atoms with Crippen LogP contribution in [0.3, 0.4) is 0 Å². The summed E-state index contributed by atoms with van der Waals surface area (Å²) < 4.78 is 11.5. The van der Waals surface area contributed by atoms with Gasteiger partial charge in [0.15, 0.2) is 11.5 Å². The summed E-state index contributed by atoms with van der Waals surface area (Å²) in [6.45, 7) is 2.34. The number of nitrogens with two attached hydrogens (primary N) is 1. The monoisotopic (exact) mass is 427 g/mol. The second-order valence-corrected chi connectivity index (χ2v) is 8.09. The zero-order valence-electron chi connectivity index (χ0n) is 16.4. The van der Waals surface area contributed by atoms with Gasteiger partial charge in [0.25, 0.3) is 0 Å². The molecule has 4 aliphatic rings. The number of ether oxygens (including phenoxy) is 2.